The van der Waals surface area contributed by atoms with Crippen LogP contribution in [0.2, 0.25) is 0 Å². The summed E-state index contributed by atoms with van der Waals surface area (Å²) >= 11 is 0. The Morgan fingerprint density at radius 2 is 2.00 bits per heavy atom. The van der Waals surface area contributed by atoms with Gasteiger partial charge in [0.15, 0.2) is 0 Å². The molecular formula is C15H18N2O4. The van der Waals surface area contributed by atoms with Crippen molar-refractivity contribution in [3.05, 3.63) is 36.0 Å². The molecule has 1 amide bonds. The van der Waals surface area contributed by atoms with Crippen molar-refractivity contribution in [1.29, 1.82) is 0 Å². The Morgan fingerprint density at radius 3 is 2.71 bits per heavy atom. The second-order valence-corrected chi connectivity index (χ2v) is 4.90. The smallest absolute Gasteiger partial charge is 0.303 e. The van der Waals surface area contributed by atoms with Gasteiger partial charge < -0.3 is 20.5 Å². The van der Waals surface area contributed by atoms with Gasteiger partial charge in [0.25, 0.3) is 0 Å². The first kappa shape index (κ1) is 15.1. The van der Waals surface area contributed by atoms with Crippen LogP contribution in [0.4, 0.5) is 0 Å². The van der Waals surface area contributed by atoms with Gasteiger partial charge in [-0.2, -0.15) is 0 Å². The number of hydrogen-bond acceptors (Lipinski definition) is 3. The second kappa shape index (κ2) is 6.90. The molecule has 112 valence electrons. The van der Waals surface area contributed by atoms with E-state index in [9.17, 15) is 14.7 Å². The number of nitrogens with one attached hydrogen (secondary N) is 2. The molecule has 0 radical (unpaired) electrons. The van der Waals surface area contributed by atoms with Crippen LogP contribution in [0.1, 0.15) is 18.4 Å². The first-order chi connectivity index (χ1) is 10.1. The van der Waals surface area contributed by atoms with Gasteiger partial charge in [0.2, 0.25) is 5.91 Å². The lowest BCUT2D eigenvalue weighted by Crippen LogP contribution is -2.39. The fraction of sp³-hybridized carbons (Fsp3) is 0.333. The van der Waals surface area contributed by atoms with Crippen molar-refractivity contribution < 1.29 is 19.8 Å². The highest BCUT2D eigenvalue weighted by Gasteiger charge is 2.15. The van der Waals surface area contributed by atoms with Crippen LogP contribution < -0.4 is 5.32 Å². The number of para-hydroxylation sites is 1. The lowest BCUT2D eigenvalue weighted by molar-refractivity contribution is -0.139. The number of hydrogen-bond donors (Lipinski definition) is 4. The van der Waals surface area contributed by atoms with Crippen LogP contribution in [0, 0.1) is 0 Å². The fourth-order valence-corrected chi connectivity index (χ4v) is 2.25. The van der Waals surface area contributed by atoms with E-state index in [0.717, 1.165) is 16.5 Å². The van der Waals surface area contributed by atoms with Crippen molar-refractivity contribution in [3.8, 4) is 0 Å². The molecule has 1 atom stereocenters. The summed E-state index contributed by atoms with van der Waals surface area (Å²) in [5.74, 6) is -1.38. The van der Waals surface area contributed by atoms with Gasteiger partial charge in [0.05, 0.1) is 19.1 Å². The van der Waals surface area contributed by atoms with Crippen LogP contribution >= 0.6 is 0 Å². The molecule has 4 N–H and O–H groups in total. The van der Waals surface area contributed by atoms with Gasteiger partial charge in [0.1, 0.15) is 0 Å². The van der Waals surface area contributed by atoms with Gasteiger partial charge in [-0.3, -0.25) is 9.59 Å². The third-order valence-corrected chi connectivity index (χ3v) is 3.29. The van der Waals surface area contributed by atoms with Crippen LogP contribution in [0.25, 0.3) is 10.9 Å². The third kappa shape index (κ3) is 4.06. The number of H-pyrrole nitrogens is 1. The number of carboxylic acids is 1. The highest BCUT2D eigenvalue weighted by atomic mass is 16.4. The standard InChI is InChI=1S/C15H18N2O4/c18-9-11(17-14(19)5-6-15(20)21)7-10-8-16-13-4-2-1-3-12(10)13/h1-4,8,11,16,18H,5-7,9H2,(H,17,19)(H,20,21). The summed E-state index contributed by atoms with van der Waals surface area (Å²) in [6.45, 7) is -0.196. The zero-order valence-corrected chi connectivity index (χ0v) is 11.5. The number of carbonyl (C=O) groups is 2. The van der Waals surface area contributed by atoms with E-state index in [-0.39, 0.29) is 25.4 Å². The minimum atomic E-state index is -1.01. The number of rotatable bonds is 7. The van der Waals surface area contributed by atoms with Crippen LogP contribution in [-0.2, 0) is 16.0 Å². The number of amides is 1. The summed E-state index contributed by atoms with van der Waals surface area (Å²) in [6.07, 6.45) is 2.05. The number of fused-ring (bicyclic) bond motifs is 1. The first-order valence-corrected chi connectivity index (χ1v) is 6.77. The lowest BCUT2D eigenvalue weighted by atomic mass is 10.1. The zero-order valence-electron chi connectivity index (χ0n) is 11.5. The number of carboxylic acid groups (broad SMARTS) is 1. The van der Waals surface area contributed by atoms with E-state index in [2.05, 4.69) is 10.3 Å². The SMILES string of the molecule is O=C(O)CCC(=O)NC(CO)Cc1c[nH]c2ccccc12. The Hall–Kier alpha value is -2.34. The van der Waals surface area contributed by atoms with Crippen LogP contribution in [-0.4, -0.2) is 39.7 Å². The summed E-state index contributed by atoms with van der Waals surface area (Å²) < 4.78 is 0. The van der Waals surface area contributed by atoms with Crippen molar-refractivity contribution in [3.63, 3.8) is 0 Å². The van der Waals surface area contributed by atoms with Crippen LogP contribution in [0.3, 0.4) is 0 Å². The Bertz CT molecular complexity index is 635. The molecule has 2 aromatic rings. The lowest BCUT2D eigenvalue weighted by Gasteiger charge is -2.15. The molecule has 0 spiro atoms. The topological polar surface area (TPSA) is 102 Å². The summed E-state index contributed by atoms with van der Waals surface area (Å²) in [5, 5.41) is 21.6. The molecule has 21 heavy (non-hydrogen) atoms. The highest BCUT2D eigenvalue weighted by Crippen LogP contribution is 2.19. The van der Waals surface area contributed by atoms with E-state index in [4.69, 9.17) is 5.11 Å². The fourth-order valence-electron chi connectivity index (χ4n) is 2.25. The van der Waals surface area contributed by atoms with Crippen molar-refractivity contribution in [2.24, 2.45) is 0 Å². The third-order valence-electron chi connectivity index (χ3n) is 3.29. The van der Waals surface area contributed by atoms with Gasteiger partial charge in [-0.25, -0.2) is 0 Å². The molecule has 0 saturated heterocycles. The summed E-state index contributed by atoms with van der Waals surface area (Å²) in [6, 6.07) is 7.37. The van der Waals surface area contributed by atoms with Crippen molar-refractivity contribution in [2.75, 3.05) is 6.61 Å². The van der Waals surface area contributed by atoms with E-state index in [1.807, 2.05) is 30.5 Å². The maximum atomic E-state index is 11.6. The van der Waals surface area contributed by atoms with Crippen LogP contribution in [0.15, 0.2) is 30.5 Å². The Balaban J connectivity index is 1.99. The molecular weight excluding hydrogens is 272 g/mol. The van der Waals surface area contributed by atoms with E-state index in [1.54, 1.807) is 0 Å². The normalized spacial score (nSPS) is 12.2. The largest absolute Gasteiger partial charge is 0.481 e. The Morgan fingerprint density at radius 1 is 1.24 bits per heavy atom. The predicted octanol–water partition coefficient (Wildman–Crippen LogP) is 1.05. The van der Waals surface area contributed by atoms with Crippen molar-refractivity contribution >= 4 is 22.8 Å². The maximum absolute atomic E-state index is 11.6. The molecule has 1 aromatic carbocycles. The molecule has 2 rings (SSSR count). The number of aromatic amines is 1. The second-order valence-electron chi connectivity index (χ2n) is 4.90. The van der Waals surface area contributed by atoms with E-state index >= 15 is 0 Å². The quantitative estimate of drug-likeness (QED) is 0.612. The molecule has 1 unspecified atom stereocenters. The minimum absolute atomic E-state index is 0.0836. The number of benzene rings is 1. The first-order valence-electron chi connectivity index (χ1n) is 6.77. The van der Waals surface area contributed by atoms with E-state index in [1.165, 1.54) is 0 Å². The van der Waals surface area contributed by atoms with Gasteiger partial charge in [0, 0.05) is 23.5 Å². The summed E-state index contributed by atoms with van der Waals surface area (Å²) in [4.78, 5) is 25.2. The van der Waals surface area contributed by atoms with Gasteiger partial charge in [-0.05, 0) is 18.1 Å². The molecule has 0 aliphatic rings. The molecule has 0 fully saturated rings. The van der Waals surface area contributed by atoms with E-state index in [0.29, 0.717) is 6.42 Å². The summed E-state index contributed by atoms with van der Waals surface area (Å²) in [7, 11) is 0. The van der Waals surface area contributed by atoms with Gasteiger partial charge in [-0.1, -0.05) is 18.2 Å². The molecule has 6 heteroatoms. The molecule has 0 aliphatic carbocycles. The maximum Gasteiger partial charge on any atom is 0.303 e. The number of aliphatic hydroxyl groups excluding tert-OH is 1. The molecule has 1 heterocycles. The molecule has 0 bridgehead atoms. The van der Waals surface area contributed by atoms with Gasteiger partial charge in [-0.15, -0.1) is 0 Å². The van der Waals surface area contributed by atoms with Crippen molar-refractivity contribution in [1.82, 2.24) is 10.3 Å². The summed E-state index contributed by atoms with van der Waals surface area (Å²) in [5.41, 5.74) is 2.00. The van der Waals surface area contributed by atoms with Crippen molar-refractivity contribution in [2.45, 2.75) is 25.3 Å². The average molecular weight is 290 g/mol. The van der Waals surface area contributed by atoms with Crippen LogP contribution in [0.5, 0.6) is 0 Å². The van der Waals surface area contributed by atoms with E-state index < -0.39 is 12.0 Å². The number of carbonyl (C=O) groups excluding carboxylic acids is 1. The number of aliphatic carboxylic acids is 1. The Kier molecular flexibility index (Phi) is 4.94. The molecule has 1 aromatic heterocycles. The predicted molar refractivity (Wildman–Crippen MR) is 77.9 cm³/mol. The Labute approximate surface area is 121 Å². The molecule has 0 aliphatic heterocycles. The average Bonchev–Trinajstić information content (AvgIpc) is 2.88. The van der Waals surface area contributed by atoms with Gasteiger partial charge >= 0.3 is 5.97 Å². The minimum Gasteiger partial charge on any atom is -0.481 e. The zero-order chi connectivity index (χ0) is 15.2. The highest BCUT2D eigenvalue weighted by molar-refractivity contribution is 5.83. The molecule has 0 saturated carbocycles. The number of aromatic nitrogens is 1. The molecule has 6 nitrogen and oxygen atoms in total. The number of aliphatic hydroxyl groups is 1. The monoisotopic (exact) mass is 290 g/mol.